The summed E-state index contributed by atoms with van der Waals surface area (Å²) < 4.78 is 0. The van der Waals surface area contributed by atoms with Crippen LogP contribution in [0.5, 0.6) is 0 Å². The van der Waals surface area contributed by atoms with E-state index in [-0.39, 0.29) is 11.9 Å². The Hall–Kier alpha value is -3.21. The Labute approximate surface area is 146 Å². The Bertz CT molecular complexity index is 867. The molecular weight excluding hydrogens is 312 g/mol. The monoisotopic (exact) mass is 330 g/mol. The van der Waals surface area contributed by atoms with Crippen molar-refractivity contribution < 1.29 is 4.79 Å². The average molecular weight is 330 g/mol. The van der Waals surface area contributed by atoms with Gasteiger partial charge in [0.05, 0.1) is 0 Å². The third kappa shape index (κ3) is 3.08. The summed E-state index contributed by atoms with van der Waals surface area (Å²) in [5.41, 5.74) is 1.92. The van der Waals surface area contributed by atoms with Gasteiger partial charge in [-0.15, -0.1) is 0 Å². The number of piperazine rings is 1. The van der Waals surface area contributed by atoms with Crippen LogP contribution in [0.25, 0.3) is 11.4 Å². The number of carbonyl (C=O) groups excluding carboxylic acids is 1. The number of carbonyl (C=O) groups is 1. The molecule has 5 heteroatoms. The number of amides is 1. The second-order valence-corrected chi connectivity index (χ2v) is 5.90. The molecule has 1 fully saturated rings. The van der Waals surface area contributed by atoms with Gasteiger partial charge in [0, 0.05) is 24.8 Å². The fourth-order valence-electron chi connectivity index (χ4n) is 3.12. The van der Waals surface area contributed by atoms with E-state index in [4.69, 9.17) is 4.98 Å². The van der Waals surface area contributed by atoms with Crippen LogP contribution in [-0.2, 0) is 4.79 Å². The summed E-state index contributed by atoms with van der Waals surface area (Å²) in [4.78, 5) is 23.7. The topological polar surface area (TPSA) is 58.1 Å². The van der Waals surface area contributed by atoms with Gasteiger partial charge in [-0.3, -0.25) is 4.79 Å². The van der Waals surface area contributed by atoms with Gasteiger partial charge in [-0.25, -0.2) is 9.97 Å². The standard InChI is InChI=1S/C20H18N4O/c25-20-18(15-7-3-1-4-8-15)24(14-13-22-20)17-11-12-21-19(23-17)16-9-5-2-6-10-16/h1-12,18H,13-14H2,(H,22,25). The lowest BCUT2D eigenvalue weighted by atomic mass is 10.0. The van der Waals surface area contributed by atoms with Crippen LogP contribution in [0.1, 0.15) is 11.6 Å². The zero-order valence-corrected chi connectivity index (χ0v) is 13.7. The maximum Gasteiger partial charge on any atom is 0.247 e. The highest BCUT2D eigenvalue weighted by molar-refractivity contribution is 5.87. The minimum Gasteiger partial charge on any atom is -0.352 e. The minimum absolute atomic E-state index is 0.00248. The number of hydrogen-bond donors (Lipinski definition) is 1. The van der Waals surface area contributed by atoms with E-state index < -0.39 is 0 Å². The Balaban J connectivity index is 1.73. The van der Waals surface area contributed by atoms with Gasteiger partial charge in [0.2, 0.25) is 5.91 Å². The van der Waals surface area contributed by atoms with E-state index in [0.29, 0.717) is 18.9 Å². The van der Waals surface area contributed by atoms with Gasteiger partial charge in [-0.1, -0.05) is 60.7 Å². The van der Waals surface area contributed by atoms with Crippen molar-refractivity contribution in [2.45, 2.75) is 6.04 Å². The molecule has 124 valence electrons. The summed E-state index contributed by atoms with van der Waals surface area (Å²) in [7, 11) is 0. The van der Waals surface area contributed by atoms with E-state index in [1.807, 2.05) is 71.6 Å². The van der Waals surface area contributed by atoms with Crippen molar-refractivity contribution >= 4 is 11.7 Å². The molecule has 25 heavy (non-hydrogen) atoms. The lowest BCUT2D eigenvalue weighted by Gasteiger charge is -2.36. The molecule has 5 nitrogen and oxygen atoms in total. The summed E-state index contributed by atoms with van der Waals surface area (Å²) in [5, 5.41) is 2.95. The van der Waals surface area contributed by atoms with Gasteiger partial charge >= 0.3 is 0 Å². The van der Waals surface area contributed by atoms with Crippen LogP contribution in [0, 0.1) is 0 Å². The SMILES string of the molecule is O=C1NCCN(c2ccnc(-c3ccccc3)n2)C1c1ccccc1. The molecule has 3 aromatic rings. The fraction of sp³-hybridized carbons (Fsp3) is 0.150. The molecule has 1 saturated heterocycles. The normalized spacial score (nSPS) is 17.2. The zero-order valence-electron chi connectivity index (χ0n) is 13.7. The number of hydrogen-bond acceptors (Lipinski definition) is 4. The summed E-state index contributed by atoms with van der Waals surface area (Å²) in [6, 6.07) is 21.1. The molecule has 1 atom stereocenters. The van der Waals surface area contributed by atoms with E-state index in [2.05, 4.69) is 10.3 Å². The van der Waals surface area contributed by atoms with Crippen molar-refractivity contribution in [3.63, 3.8) is 0 Å². The van der Waals surface area contributed by atoms with Crippen molar-refractivity contribution in [2.24, 2.45) is 0 Å². The molecule has 1 aliphatic heterocycles. The molecule has 0 spiro atoms. The van der Waals surface area contributed by atoms with Crippen LogP contribution in [0.15, 0.2) is 72.9 Å². The number of aromatic nitrogens is 2. The van der Waals surface area contributed by atoms with Crippen molar-refractivity contribution in [1.29, 1.82) is 0 Å². The average Bonchev–Trinajstić information content (AvgIpc) is 2.69. The quantitative estimate of drug-likeness (QED) is 0.802. The lowest BCUT2D eigenvalue weighted by Crippen LogP contribution is -2.50. The highest BCUT2D eigenvalue weighted by Gasteiger charge is 2.32. The van der Waals surface area contributed by atoms with Gasteiger partial charge in [-0.05, 0) is 11.6 Å². The molecular formula is C20H18N4O. The first-order chi connectivity index (χ1) is 12.3. The predicted octanol–water partition coefficient (Wildman–Crippen LogP) is 2.82. The van der Waals surface area contributed by atoms with Crippen molar-refractivity contribution in [1.82, 2.24) is 15.3 Å². The highest BCUT2D eigenvalue weighted by atomic mass is 16.2. The maximum absolute atomic E-state index is 12.5. The molecule has 0 bridgehead atoms. The summed E-state index contributed by atoms with van der Waals surface area (Å²) in [6.45, 7) is 1.31. The van der Waals surface area contributed by atoms with Crippen LogP contribution >= 0.6 is 0 Å². The van der Waals surface area contributed by atoms with E-state index >= 15 is 0 Å². The molecule has 0 aliphatic carbocycles. The summed E-state index contributed by atoms with van der Waals surface area (Å²) in [5.74, 6) is 1.42. The fourth-order valence-corrected chi connectivity index (χ4v) is 3.12. The van der Waals surface area contributed by atoms with Crippen LogP contribution in [-0.4, -0.2) is 29.0 Å². The molecule has 1 N–H and O–H groups in total. The predicted molar refractivity (Wildman–Crippen MR) is 97.0 cm³/mol. The van der Waals surface area contributed by atoms with Crippen LogP contribution in [0.2, 0.25) is 0 Å². The third-order valence-corrected chi connectivity index (χ3v) is 4.29. The van der Waals surface area contributed by atoms with Gasteiger partial charge in [0.25, 0.3) is 0 Å². The minimum atomic E-state index is -0.381. The maximum atomic E-state index is 12.5. The number of nitrogens with zero attached hydrogens (tertiary/aromatic N) is 3. The molecule has 0 radical (unpaired) electrons. The van der Waals surface area contributed by atoms with E-state index in [0.717, 1.165) is 16.9 Å². The van der Waals surface area contributed by atoms with Crippen LogP contribution in [0.3, 0.4) is 0 Å². The van der Waals surface area contributed by atoms with Crippen LogP contribution in [0.4, 0.5) is 5.82 Å². The molecule has 2 heterocycles. The second kappa shape index (κ2) is 6.73. The molecule has 2 aromatic carbocycles. The Kier molecular flexibility index (Phi) is 4.12. The summed E-state index contributed by atoms with van der Waals surface area (Å²) in [6.07, 6.45) is 1.75. The Morgan fingerprint density at radius 2 is 1.68 bits per heavy atom. The molecule has 1 aromatic heterocycles. The Morgan fingerprint density at radius 1 is 0.960 bits per heavy atom. The molecule has 1 aliphatic rings. The Morgan fingerprint density at radius 3 is 2.44 bits per heavy atom. The number of anilines is 1. The van der Waals surface area contributed by atoms with Gasteiger partial charge in [0.1, 0.15) is 11.9 Å². The van der Waals surface area contributed by atoms with Crippen molar-refractivity contribution in [3.05, 3.63) is 78.5 Å². The highest BCUT2D eigenvalue weighted by Crippen LogP contribution is 2.28. The van der Waals surface area contributed by atoms with Gasteiger partial charge < -0.3 is 10.2 Å². The number of benzene rings is 2. The first kappa shape index (κ1) is 15.3. The zero-order chi connectivity index (χ0) is 17.1. The molecule has 0 saturated carbocycles. The van der Waals surface area contributed by atoms with E-state index in [1.165, 1.54) is 0 Å². The van der Waals surface area contributed by atoms with Crippen molar-refractivity contribution in [3.8, 4) is 11.4 Å². The van der Waals surface area contributed by atoms with E-state index in [1.54, 1.807) is 6.20 Å². The van der Waals surface area contributed by atoms with Gasteiger partial charge in [0.15, 0.2) is 5.82 Å². The van der Waals surface area contributed by atoms with Gasteiger partial charge in [-0.2, -0.15) is 0 Å². The first-order valence-corrected chi connectivity index (χ1v) is 8.31. The molecule has 4 rings (SSSR count). The van der Waals surface area contributed by atoms with E-state index in [9.17, 15) is 4.79 Å². The van der Waals surface area contributed by atoms with Crippen LogP contribution < -0.4 is 10.2 Å². The van der Waals surface area contributed by atoms with Crippen molar-refractivity contribution in [2.75, 3.05) is 18.0 Å². The largest absolute Gasteiger partial charge is 0.352 e. The smallest absolute Gasteiger partial charge is 0.247 e. The second-order valence-electron chi connectivity index (χ2n) is 5.90. The third-order valence-electron chi connectivity index (χ3n) is 4.29. The number of rotatable bonds is 3. The first-order valence-electron chi connectivity index (χ1n) is 8.31. The number of nitrogens with one attached hydrogen (secondary N) is 1. The molecule has 1 unspecified atom stereocenters. The molecule has 1 amide bonds. The summed E-state index contributed by atoms with van der Waals surface area (Å²) >= 11 is 0. The lowest BCUT2D eigenvalue weighted by molar-refractivity contribution is -0.123.